The number of benzene rings is 1. The minimum Gasteiger partial charge on any atom is -0.507 e. The molecule has 0 radical (unpaired) electrons. The zero-order valence-corrected chi connectivity index (χ0v) is 9.27. The van der Waals surface area contributed by atoms with Crippen molar-refractivity contribution >= 4 is 11.7 Å². The number of phenolic OH excluding ortho intramolecular Hbond substituents is 1. The Bertz CT molecular complexity index is 562. The van der Waals surface area contributed by atoms with E-state index in [0.29, 0.717) is 11.4 Å². The van der Waals surface area contributed by atoms with E-state index < -0.39 is 17.5 Å². The van der Waals surface area contributed by atoms with Crippen molar-refractivity contribution in [3.8, 4) is 5.75 Å². The molecule has 2 aromatic rings. The first-order valence-electron chi connectivity index (χ1n) is 5.13. The number of nitrogens with one attached hydrogen (secondary N) is 2. The fourth-order valence-corrected chi connectivity index (χ4v) is 1.46. The number of rotatable bonds is 3. The summed E-state index contributed by atoms with van der Waals surface area (Å²) in [7, 11) is 0. The van der Waals surface area contributed by atoms with Gasteiger partial charge in [-0.3, -0.25) is 9.89 Å². The normalized spacial score (nSPS) is 10.3. The lowest BCUT2D eigenvalue weighted by molar-refractivity contribution is 0.0944. The molecule has 0 fully saturated rings. The summed E-state index contributed by atoms with van der Waals surface area (Å²) in [5.41, 5.74) is 5.73. The van der Waals surface area contributed by atoms with Crippen LogP contribution in [0.5, 0.6) is 5.75 Å². The highest BCUT2D eigenvalue weighted by Gasteiger charge is 2.16. The van der Waals surface area contributed by atoms with Crippen molar-refractivity contribution in [3.63, 3.8) is 0 Å². The Morgan fingerprint density at radius 3 is 2.94 bits per heavy atom. The van der Waals surface area contributed by atoms with Crippen LogP contribution in [0.3, 0.4) is 0 Å². The molecule has 6 nitrogen and oxygen atoms in total. The van der Waals surface area contributed by atoms with Crippen LogP contribution in [0.25, 0.3) is 0 Å². The molecule has 1 aromatic heterocycles. The molecule has 1 amide bonds. The number of anilines is 1. The van der Waals surface area contributed by atoms with Gasteiger partial charge in [-0.25, -0.2) is 4.39 Å². The molecule has 0 atom stereocenters. The number of aromatic hydroxyl groups is 1. The number of carbonyl (C=O) groups is 1. The van der Waals surface area contributed by atoms with Crippen LogP contribution in [0.4, 0.5) is 10.2 Å². The van der Waals surface area contributed by atoms with Crippen molar-refractivity contribution in [1.82, 2.24) is 15.5 Å². The molecule has 1 heterocycles. The number of halogens is 1. The van der Waals surface area contributed by atoms with Gasteiger partial charge in [-0.15, -0.1) is 0 Å². The standard InChI is InChI=1S/C11H11FN4O2/c12-7-2-1-3-8(17)9(7)11(18)14-4-6-5-15-16-10(6)13/h1-3,5,17H,4H2,(H,14,18)(H3,13,15,16). The van der Waals surface area contributed by atoms with Crippen molar-refractivity contribution in [2.45, 2.75) is 6.54 Å². The molecule has 0 unspecified atom stereocenters. The highest BCUT2D eigenvalue weighted by Crippen LogP contribution is 2.19. The maximum absolute atomic E-state index is 13.4. The quantitative estimate of drug-likeness (QED) is 0.645. The Balaban J connectivity index is 2.11. The summed E-state index contributed by atoms with van der Waals surface area (Å²) in [4.78, 5) is 11.7. The van der Waals surface area contributed by atoms with E-state index in [-0.39, 0.29) is 12.1 Å². The molecule has 0 bridgehead atoms. The Morgan fingerprint density at radius 1 is 1.56 bits per heavy atom. The third kappa shape index (κ3) is 2.24. The number of phenols is 1. The number of aromatic nitrogens is 2. The number of aromatic amines is 1. The fraction of sp³-hybridized carbons (Fsp3) is 0.0909. The van der Waals surface area contributed by atoms with E-state index in [1.54, 1.807) is 0 Å². The van der Waals surface area contributed by atoms with Crippen molar-refractivity contribution in [1.29, 1.82) is 0 Å². The molecule has 7 heteroatoms. The lowest BCUT2D eigenvalue weighted by Gasteiger charge is -2.07. The molecular formula is C11H11FN4O2. The van der Waals surface area contributed by atoms with Gasteiger partial charge < -0.3 is 16.2 Å². The number of nitrogens with zero attached hydrogens (tertiary/aromatic N) is 1. The van der Waals surface area contributed by atoms with Crippen LogP contribution in [0.1, 0.15) is 15.9 Å². The predicted molar refractivity (Wildman–Crippen MR) is 62.2 cm³/mol. The number of nitrogen functional groups attached to an aromatic ring is 1. The number of hydrogen-bond acceptors (Lipinski definition) is 4. The van der Waals surface area contributed by atoms with Crippen molar-refractivity contribution in [2.24, 2.45) is 0 Å². The van der Waals surface area contributed by atoms with E-state index in [1.807, 2.05) is 0 Å². The van der Waals surface area contributed by atoms with Crippen LogP contribution < -0.4 is 11.1 Å². The van der Waals surface area contributed by atoms with Gasteiger partial charge in [0.2, 0.25) is 0 Å². The second-order valence-electron chi connectivity index (χ2n) is 3.63. The van der Waals surface area contributed by atoms with Crippen LogP contribution >= 0.6 is 0 Å². The minimum absolute atomic E-state index is 0.0922. The van der Waals surface area contributed by atoms with Gasteiger partial charge >= 0.3 is 0 Å². The number of carbonyl (C=O) groups excluding carboxylic acids is 1. The van der Waals surface area contributed by atoms with Gasteiger partial charge in [0.15, 0.2) is 0 Å². The highest BCUT2D eigenvalue weighted by molar-refractivity contribution is 5.97. The number of nitrogens with two attached hydrogens (primary N) is 1. The molecule has 94 valence electrons. The van der Waals surface area contributed by atoms with Crippen LogP contribution in [0.15, 0.2) is 24.4 Å². The summed E-state index contributed by atoms with van der Waals surface area (Å²) in [5.74, 6) is -1.58. The fourth-order valence-electron chi connectivity index (χ4n) is 1.46. The van der Waals surface area contributed by atoms with Gasteiger partial charge in [0.1, 0.15) is 22.9 Å². The van der Waals surface area contributed by atoms with Crippen molar-refractivity contribution in [3.05, 3.63) is 41.3 Å². The lowest BCUT2D eigenvalue weighted by Crippen LogP contribution is -2.24. The second kappa shape index (κ2) is 4.74. The molecule has 0 aliphatic heterocycles. The van der Waals surface area contributed by atoms with E-state index >= 15 is 0 Å². The Morgan fingerprint density at radius 2 is 2.33 bits per heavy atom. The number of amides is 1. The van der Waals surface area contributed by atoms with E-state index in [4.69, 9.17) is 5.73 Å². The SMILES string of the molecule is Nc1[nH]ncc1CNC(=O)c1c(O)cccc1F. The minimum atomic E-state index is -0.785. The van der Waals surface area contributed by atoms with E-state index in [9.17, 15) is 14.3 Å². The van der Waals surface area contributed by atoms with Crippen molar-refractivity contribution < 1.29 is 14.3 Å². The first-order chi connectivity index (χ1) is 8.59. The third-order valence-corrected chi connectivity index (χ3v) is 2.41. The first-order valence-corrected chi connectivity index (χ1v) is 5.13. The van der Waals surface area contributed by atoms with Gasteiger partial charge in [0.05, 0.1) is 6.20 Å². The lowest BCUT2D eigenvalue weighted by atomic mass is 10.1. The zero-order chi connectivity index (χ0) is 13.1. The first kappa shape index (κ1) is 11.9. The maximum Gasteiger partial charge on any atom is 0.258 e. The third-order valence-electron chi connectivity index (χ3n) is 2.41. The average Bonchev–Trinajstić information content (AvgIpc) is 2.72. The summed E-state index contributed by atoms with van der Waals surface area (Å²) in [6.07, 6.45) is 1.46. The molecule has 0 saturated carbocycles. The average molecular weight is 250 g/mol. The molecule has 0 aliphatic rings. The summed E-state index contributed by atoms with van der Waals surface area (Å²) in [6, 6.07) is 3.65. The van der Waals surface area contributed by atoms with Gasteiger partial charge in [-0.2, -0.15) is 5.10 Å². The Hall–Kier alpha value is -2.57. The van der Waals surface area contributed by atoms with Crippen molar-refractivity contribution in [2.75, 3.05) is 5.73 Å². The summed E-state index contributed by atoms with van der Waals surface area (Å²) < 4.78 is 13.4. The largest absolute Gasteiger partial charge is 0.507 e. The number of hydrogen-bond donors (Lipinski definition) is 4. The van der Waals surface area contributed by atoms with Crippen LogP contribution in [-0.2, 0) is 6.54 Å². The molecule has 0 aliphatic carbocycles. The Labute approximate surface area is 102 Å². The van der Waals surface area contributed by atoms with Crippen LogP contribution in [-0.4, -0.2) is 21.2 Å². The second-order valence-corrected chi connectivity index (χ2v) is 3.63. The van der Waals surface area contributed by atoms with Gasteiger partial charge in [-0.1, -0.05) is 6.07 Å². The monoisotopic (exact) mass is 250 g/mol. The maximum atomic E-state index is 13.4. The van der Waals surface area contributed by atoms with Crippen LogP contribution in [0.2, 0.25) is 0 Å². The van der Waals surface area contributed by atoms with E-state index in [2.05, 4.69) is 15.5 Å². The van der Waals surface area contributed by atoms with Gasteiger partial charge in [0, 0.05) is 12.1 Å². The predicted octanol–water partition coefficient (Wildman–Crippen LogP) is 0.767. The molecule has 2 rings (SSSR count). The topological polar surface area (TPSA) is 104 Å². The van der Waals surface area contributed by atoms with Gasteiger partial charge in [-0.05, 0) is 12.1 Å². The molecule has 18 heavy (non-hydrogen) atoms. The zero-order valence-electron chi connectivity index (χ0n) is 9.27. The molecule has 0 saturated heterocycles. The van der Waals surface area contributed by atoms with Gasteiger partial charge in [0.25, 0.3) is 5.91 Å². The summed E-state index contributed by atoms with van der Waals surface area (Å²) >= 11 is 0. The molecular weight excluding hydrogens is 239 g/mol. The molecule has 5 N–H and O–H groups in total. The Kier molecular flexibility index (Phi) is 3.13. The molecule has 0 spiro atoms. The summed E-state index contributed by atoms with van der Waals surface area (Å²) in [5, 5.41) is 18.1. The van der Waals surface area contributed by atoms with E-state index in [0.717, 1.165) is 6.07 Å². The van der Waals surface area contributed by atoms with Crippen LogP contribution in [0, 0.1) is 5.82 Å². The number of H-pyrrole nitrogens is 1. The molecule has 1 aromatic carbocycles. The highest BCUT2D eigenvalue weighted by atomic mass is 19.1. The van der Waals surface area contributed by atoms with E-state index in [1.165, 1.54) is 18.3 Å². The summed E-state index contributed by atoms with van der Waals surface area (Å²) in [6.45, 7) is 0.0922. The smallest absolute Gasteiger partial charge is 0.258 e.